The molecule has 90 valence electrons. The fourth-order valence-electron chi connectivity index (χ4n) is 1.45. The zero-order valence-corrected chi connectivity index (χ0v) is 10.0. The van der Waals surface area contributed by atoms with Crippen LogP contribution in [0.4, 0.5) is 0 Å². The molecule has 6 nitrogen and oxygen atoms in total. The second-order valence-electron chi connectivity index (χ2n) is 4.43. The van der Waals surface area contributed by atoms with Crippen LogP contribution in [-0.4, -0.2) is 32.6 Å². The van der Waals surface area contributed by atoms with Gasteiger partial charge in [0.05, 0.1) is 0 Å². The zero-order valence-electron chi connectivity index (χ0n) is 10.0. The van der Waals surface area contributed by atoms with Gasteiger partial charge in [-0.25, -0.2) is 0 Å². The number of H-pyrrole nitrogens is 1. The largest absolute Gasteiger partial charge is 0.347 e. The van der Waals surface area contributed by atoms with Crippen LogP contribution in [0, 0.1) is 5.92 Å². The molecule has 0 aliphatic carbocycles. The van der Waals surface area contributed by atoms with E-state index in [1.54, 1.807) is 0 Å². The molecule has 1 unspecified atom stereocenters. The molecule has 0 aliphatic heterocycles. The Labute approximate surface area is 95.2 Å². The topological polar surface area (TPSA) is 83.6 Å². The third-order valence-corrected chi connectivity index (χ3v) is 2.34. The van der Waals surface area contributed by atoms with Crippen molar-refractivity contribution in [2.24, 2.45) is 5.92 Å². The first-order chi connectivity index (χ1) is 7.59. The Hall–Kier alpha value is -1.46. The normalized spacial score (nSPS) is 12.8. The van der Waals surface area contributed by atoms with Crippen molar-refractivity contribution >= 4 is 5.91 Å². The van der Waals surface area contributed by atoms with E-state index in [4.69, 9.17) is 0 Å². The summed E-state index contributed by atoms with van der Waals surface area (Å²) < 4.78 is 0. The summed E-state index contributed by atoms with van der Waals surface area (Å²) in [5, 5.41) is 15.7. The fourth-order valence-corrected chi connectivity index (χ4v) is 1.45. The lowest BCUT2D eigenvalue weighted by Gasteiger charge is -2.12. The van der Waals surface area contributed by atoms with Gasteiger partial charge in [0.25, 0.3) is 11.7 Å². The lowest BCUT2D eigenvalue weighted by Crippen LogP contribution is -2.33. The number of amides is 1. The number of aromatic amines is 1. The number of rotatable bonds is 6. The lowest BCUT2D eigenvalue weighted by atomic mass is 10.0. The maximum atomic E-state index is 11.5. The Morgan fingerprint density at radius 1 is 1.38 bits per heavy atom. The number of carbonyl (C=O) groups excluding carboxylic acids is 1. The maximum absolute atomic E-state index is 11.5. The first-order valence-electron chi connectivity index (χ1n) is 5.64. The summed E-state index contributed by atoms with van der Waals surface area (Å²) in [5.74, 6) is 0.529. The number of hydrogen-bond donors (Lipinski definition) is 2. The number of nitrogens with one attached hydrogen (secondary N) is 2. The van der Waals surface area contributed by atoms with Gasteiger partial charge in [-0.1, -0.05) is 26.7 Å². The van der Waals surface area contributed by atoms with Crippen LogP contribution >= 0.6 is 0 Å². The second-order valence-corrected chi connectivity index (χ2v) is 4.43. The fraction of sp³-hybridized carbons (Fsp3) is 0.800. The van der Waals surface area contributed by atoms with E-state index >= 15 is 0 Å². The molecule has 0 aromatic carbocycles. The standard InChI is InChI=1S/C10H19N5O/c1-7(2)5-4-6-8(3)11-10(16)9-12-14-15-13-9/h7-8H,4-6H2,1-3H3,(H,11,16)(H,12,13,14,15). The van der Waals surface area contributed by atoms with Gasteiger partial charge in [-0.05, 0) is 24.5 Å². The van der Waals surface area contributed by atoms with E-state index in [9.17, 15) is 4.79 Å². The highest BCUT2D eigenvalue weighted by Gasteiger charge is 2.13. The molecule has 1 aromatic rings. The number of hydrogen-bond acceptors (Lipinski definition) is 4. The van der Waals surface area contributed by atoms with Gasteiger partial charge < -0.3 is 5.32 Å². The first kappa shape index (κ1) is 12.6. The maximum Gasteiger partial charge on any atom is 0.293 e. The molecule has 0 radical (unpaired) electrons. The highest BCUT2D eigenvalue weighted by atomic mass is 16.2. The minimum Gasteiger partial charge on any atom is -0.347 e. The SMILES string of the molecule is CC(C)CCCC(C)NC(=O)c1nn[nH]n1. The van der Waals surface area contributed by atoms with E-state index < -0.39 is 0 Å². The van der Waals surface area contributed by atoms with Crippen LogP contribution < -0.4 is 5.32 Å². The molecule has 0 saturated carbocycles. The van der Waals surface area contributed by atoms with Crippen molar-refractivity contribution in [2.45, 2.75) is 46.1 Å². The Balaban J connectivity index is 2.24. The number of nitrogens with zero attached hydrogens (tertiary/aromatic N) is 3. The average Bonchev–Trinajstić information content (AvgIpc) is 2.69. The minimum atomic E-state index is -0.272. The van der Waals surface area contributed by atoms with Gasteiger partial charge in [0.15, 0.2) is 0 Å². The molecular formula is C10H19N5O. The Kier molecular flexibility index (Phi) is 4.88. The highest BCUT2D eigenvalue weighted by Crippen LogP contribution is 2.08. The molecule has 0 fully saturated rings. The molecular weight excluding hydrogens is 206 g/mol. The van der Waals surface area contributed by atoms with Gasteiger partial charge in [0, 0.05) is 6.04 Å². The van der Waals surface area contributed by atoms with Crippen LogP contribution in [0.5, 0.6) is 0 Å². The molecule has 0 spiro atoms. The average molecular weight is 225 g/mol. The third kappa shape index (κ3) is 4.37. The first-order valence-corrected chi connectivity index (χ1v) is 5.64. The molecule has 1 rings (SSSR count). The molecule has 1 amide bonds. The molecule has 16 heavy (non-hydrogen) atoms. The highest BCUT2D eigenvalue weighted by molar-refractivity contribution is 5.90. The Bertz CT molecular complexity index is 309. The van der Waals surface area contributed by atoms with Gasteiger partial charge in [-0.15, -0.1) is 10.2 Å². The summed E-state index contributed by atoms with van der Waals surface area (Å²) in [7, 11) is 0. The summed E-state index contributed by atoms with van der Waals surface area (Å²) in [4.78, 5) is 11.5. The summed E-state index contributed by atoms with van der Waals surface area (Å²) in [5.41, 5.74) is 0. The molecule has 0 aliphatic rings. The zero-order chi connectivity index (χ0) is 12.0. The Morgan fingerprint density at radius 3 is 2.69 bits per heavy atom. The van der Waals surface area contributed by atoms with Crippen molar-refractivity contribution in [3.8, 4) is 0 Å². The van der Waals surface area contributed by atoms with Crippen LogP contribution in [0.3, 0.4) is 0 Å². The van der Waals surface area contributed by atoms with Gasteiger partial charge in [0.1, 0.15) is 0 Å². The number of carbonyl (C=O) groups is 1. The summed E-state index contributed by atoms with van der Waals surface area (Å²) >= 11 is 0. The molecule has 0 saturated heterocycles. The number of aromatic nitrogens is 4. The smallest absolute Gasteiger partial charge is 0.293 e. The van der Waals surface area contributed by atoms with E-state index in [0.29, 0.717) is 5.92 Å². The lowest BCUT2D eigenvalue weighted by molar-refractivity contribution is 0.0927. The summed E-state index contributed by atoms with van der Waals surface area (Å²) in [6.07, 6.45) is 3.27. The van der Waals surface area contributed by atoms with Crippen molar-refractivity contribution in [1.29, 1.82) is 0 Å². The second kappa shape index (κ2) is 6.19. The van der Waals surface area contributed by atoms with E-state index in [2.05, 4.69) is 39.8 Å². The van der Waals surface area contributed by atoms with Crippen molar-refractivity contribution in [3.63, 3.8) is 0 Å². The Morgan fingerprint density at radius 2 is 2.12 bits per heavy atom. The van der Waals surface area contributed by atoms with Gasteiger partial charge in [-0.2, -0.15) is 5.21 Å². The minimum absolute atomic E-state index is 0.0932. The molecule has 1 atom stereocenters. The molecule has 2 N–H and O–H groups in total. The summed E-state index contributed by atoms with van der Waals surface area (Å²) in [6.45, 7) is 6.38. The predicted molar refractivity (Wildman–Crippen MR) is 59.8 cm³/mol. The molecule has 1 aromatic heterocycles. The van der Waals surface area contributed by atoms with Crippen molar-refractivity contribution in [1.82, 2.24) is 25.9 Å². The van der Waals surface area contributed by atoms with Crippen LogP contribution in [0.2, 0.25) is 0 Å². The van der Waals surface area contributed by atoms with E-state index in [-0.39, 0.29) is 17.8 Å². The quantitative estimate of drug-likeness (QED) is 0.760. The molecule has 0 bridgehead atoms. The van der Waals surface area contributed by atoms with Crippen LogP contribution in [-0.2, 0) is 0 Å². The molecule has 6 heteroatoms. The monoisotopic (exact) mass is 225 g/mol. The van der Waals surface area contributed by atoms with Crippen molar-refractivity contribution in [3.05, 3.63) is 5.82 Å². The van der Waals surface area contributed by atoms with Crippen LogP contribution in [0.15, 0.2) is 0 Å². The summed E-state index contributed by atoms with van der Waals surface area (Å²) in [6, 6.07) is 0.143. The van der Waals surface area contributed by atoms with Crippen LogP contribution in [0.1, 0.15) is 50.7 Å². The van der Waals surface area contributed by atoms with Crippen molar-refractivity contribution < 1.29 is 4.79 Å². The number of tetrazole rings is 1. The van der Waals surface area contributed by atoms with E-state index in [1.165, 1.54) is 6.42 Å². The van der Waals surface area contributed by atoms with Crippen LogP contribution in [0.25, 0.3) is 0 Å². The van der Waals surface area contributed by atoms with Gasteiger partial charge >= 0.3 is 0 Å². The van der Waals surface area contributed by atoms with E-state index in [0.717, 1.165) is 12.8 Å². The predicted octanol–water partition coefficient (Wildman–Crippen LogP) is 1.14. The van der Waals surface area contributed by atoms with Crippen molar-refractivity contribution in [2.75, 3.05) is 0 Å². The third-order valence-electron chi connectivity index (χ3n) is 2.34. The van der Waals surface area contributed by atoms with E-state index in [1.807, 2.05) is 6.92 Å². The molecule has 1 heterocycles. The van der Waals surface area contributed by atoms with Gasteiger partial charge in [0.2, 0.25) is 0 Å². The van der Waals surface area contributed by atoms with Gasteiger partial charge in [-0.3, -0.25) is 4.79 Å².